The van der Waals surface area contributed by atoms with Gasteiger partial charge in [0.15, 0.2) is 0 Å². The maximum Gasteiger partial charge on any atom is 0.254 e. The van der Waals surface area contributed by atoms with E-state index >= 15 is 0 Å². The minimum atomic E-state index is -0.629. The lowest BCUT2D eigenvalue weighted by Gasteiger charge is -2.39. The van der Waals surface area contributed by atoms with E-state index in [2.05, 4.69) is 0 Å². The summed E-state index contributed by atoms with van der Waals surface area (Å²) >= 11 is 0. The van der Waals surface area contributed by atoms with E-state index < -0.39 is 11.9 Å². The van der Waals surface area contributed by atoms with Crippen molar-refractivity contribution in [3.8, 4) is 5.75 Å². The number of nitrogens with zero attached hydrogens (tertiary/aromatic N) is 2. The average Bonchev–Trinajstić information content (AvgIpc) is 2.64. The number of hydrogen-bond donors (Lipinski definition) is 0. The lowest BCUT2D eigenvalue weighted by atomic mass is 10.1. The van der Waals surface area contributed by atoms with E-state index in [1.54, 1.807) is 17.9 Å². The second-order valence-electron chi connectivity index (χ2n) is 6.11. The van der Waals surface area contributed by atoms with E-state index in [-0.39, 0.29) is 17.4 Å². The molecule has 1 aliphatic rings. The molecule has 1 saturated heterocycles. The van der Waals surface area contributed by atoms with Gasteiger partial charge in [0.1, 0.15) is 17.6 Å². The fraction of sp³-hybridized carbons (Fsp3) is 0.300. The SMILES string of the molecule is CCOc1cccc(N2CCN(C(=O)c3cccc(F)c3)[C@@H](C)C2=O)c1. The number of carbonyl (C=O) groups is 2. The zero-order valence-electron chi connectivity index (χ0n) is 14.8. The van der Waals surface area contributed by atoms with Crippen LogP contribution in [0.15, 0.2) is 48.5 Å². The lowest BCUT2D eigenvalue weighted by Crippen LogP contribution is -2.57. The van der Waals surface area contributed by atoms with Crippen molar-refractivity contribution in [1.82, 2.24) is 4.90 Å². The number of benzene rings is 2. The van der Waals surface area contributed by atoms with Crippen molar-refractivity contribution in [1.29, 1.82) is 0 Å². The van der Waals surface area contributed by atoms with Gasteiger partial charge in [-0.15, -0.1) is 0 Å². The molecule has 0 radical (unpaired) electrons. The number of piperazine rings is 1. The molecule has 3 rings (SSSR count). The standard InChI is InChI=1S/C20H21FN2O3/c1-3-26-18-9-5-8-17(13-18)23-11-10-22(14(2)19(23)24)20(25)15-6-4-7-16(21)12-15/h4-9,12-14H,3,10-11H2,1-2H3/t14-/m0/s1. The first kappa shape index (κ1) is 17.9. The Hall–Kier alpha value is -2.89. The van der Waals surface area contributed by atoms with Gasteiger partial charge in [-0.05, 0) is 44.2 Å². The van der Waals surface area contributed by atoms with Gasteiger partial charge < -0.3 is 14.5 Å². The quantitative estimate of drug-likeness (QED) is 0.846. The zero-order valence-corrected chi connectivity index (χ0v) is 14.8. The van der Waals surface area contributed by atoms with Gasteiger partial charge in [0.25, 0.3) is 5.91 Å². The summed E-state index contributed by atoms with van der Waals surface area (Å²) in [5.74, 6) is -0.285. The molecule has 0 aliphatic carbocycles. The highest BCUT2D eigenvalue weighted by Gasteiger charge is 2.35. The van der Waals surface area contributed by atoms with Crippen molar-refractivity contribution >= 4 is 17.5 Å². The minimum absolute atomic E-state index is 0.172. The van der Waals surface area contributed by atoms with Gasteiger partial charge in [0, 0.05) is 30.4 Å². The number of ether oxygens (including phenoxy) is 1. The second-order valence-corrected chi connectivity index (χ2v) is 6.11. The van der Waals surface area contributed by atoms with Crippen LogP contribution < -0.4 is 9.64 Å². The molecule has 0 saturated carbocycles. The molecule has 0 aromatic heterocycles. The van der Waals surface area contributed by atoms with Gasteiger partial charge in [0.2, 0.25) is 5.91 Å². The summed E-state index contributed by atoms with van der Waals surface area (Å²) in [5.41, 5.74) is 0.988. The minimum Gasteiger partial charge on any atom is -0.494 e. The van der Waals surface area contributed by atoms with Crippen LogP contribution in [0.5, 0.6) is 5.75 Å². The van der Waals surface area contributed by atoms with E-state index in [4.69, 9.17) is 4.74 Å². The van der Waals surface area contributed by atoms with E-state index in [0.717, 1.165) is 5.69 Å². The number of halogens is 1. The van der Waals surface area contributed by atoms with Crippen LogP contribution in [0.1, 0.15) is 24.2 Å². The van der Waals surface area contributed by atoms with E-state index in [1.807, 2.05) is 31.2 Å². The molecule has 1 heterocycles. The Morgan fingerprint density at radius 2 is 1.96 bits per heavy atom. The lowest BCUT2D eigenvalue weighted by molar-refractivity contribution is -0.124. The summed E-state index contributed by atoms with van der Waals surface area (Å²) in [6.45, 7) is 4.89. The van der Waals surface area contributed by atoms with Crippen LogP contribution in [0.4, 0.5) is 10.1 Å². The van der Waals surface area contributed by atoms with Crippen LogP contribution in [0.3, 0.4) is 0 Å². The molecular weight excluding hydrogens is 335 g/mol. The van der Waals surface area contributed by atoms with E-state index in [9.17, 15) is 14.0 Å². The first-order valence-electron chi connectivity index (χ1n) is 8.62. The Labute approximate surface area is 152 Å². The topological polar surface area (TPSA) is 49.9 Å². The molecule has 1 atom stereocenters. The monoisotopic (exact) mass is 356 g/mol. The Morgan fingerprint density at radius 3 is 2.69 bits per heavy atom. The molecule has 0 unspecified atom stereocenters. The first-order chi connectivity index (χ1) is 12.5. The number of amides is 2. The van der Waals surface area contributed by atoms with Gasteiger partial charge in [-0.25, -0.2) is 4.39 Å². The summed E-state index contributed by atoms with van der Waals surface area (Å²) in [6, 6.07) is 12.2. The van der Waals surface area contributed by atoms with E-state index in [1.165, 1.54) is 23.1 Å². The number of anilines is 1. The Kier molecular flexibility index (Phi) is 5.21. The molecule has 6 heteroatoms. The maximum absolute atomic E-state index is 13.4. The van der Waals surface area contributed by atoms with Gasteiger partial charge in [-0.3, -0.25) is 9.59 Å². The van der Waals surface area contributed by atoms with Crippen LogP contribution in [-0.4, -0.2) is 42.5 Å². The molecule has 136 valence electrons. The van der Waals surface area contributed by atoms with Crippen LogP contribution in [0.2, 0.25) is 0 Å². The zero-order chi connectivity index (χ0) is 18.7. The second kappa shape index (κ2) is 7.56. The van der Waals surface area contributed by atoms with Crippen LogP contribution in [0.25, 0.3) is 0 Å². The molecule has 1 fully saturated rings. The fourth-order valence-corrected chi connectivity index (χ4v) is 3.10. The van der Waals surface area contributed by atoms with Gasteiger partial charge in [-0.1, -0.05) is 12.1 Å². The van der Waals surface area contributed by atoms with Crippen LogP contribution in [0, 0.1) is 5.82 Å². The average molecular weight is 356 g/mol. The number of carbonyl (C=O) groups excluding carboxylic acids is 2. The summed E-state index contributed by atoms with van der Waals surface area (Å²) in [4.78, 5) is 28.6. The molecule has 2 aromatic rings. The molecule has 2 amide bonds. The predicted octanol–water partition coefficient (Wildman–Crippen LogP) is 3.10. The van der Waals surface area contributed by atoms with E-state index in [0.29, 0.717) is 25.4 Å². The Bertz CT molecular complexity index is 824. The molecule has 5 nitrogen and oxygen atoms in total. The van der Waals surface area contributed by atoms with Crippen molar-refractivity contribution in [2.45, 2.75) is 19.9 Å². The van der Waals surface area contributed by atoms with Crippen molar-refractivity contribution < 1.29 is 18.7 Å². The third kappa shape index (κ3) is 3.54. The van der Waals surface area contributed by atoms with Crippen LogP contribution in [-0.2, 0) is 4.79 Å². The van der Waals surface area contributed by atoms with Crippen molar-refractivity contribution in [3.63, 3.8) is 0 Å². The van der Waals surface area contributed by atoms with Gasteiger partial charge in [0.05, 0.1) is 6.61 Å². The third-order valence-corrected chi connectivity index (χ3v) is 4.43. The van der Waals surface area contributed by atoms with Crippen molar-refractivity contribution in [2.75, 3.05) is 24.6 Å². The molecule has 26 heavy (non-hydrogen) atoms. The van der Waals surface area contributed by atoms with Crippen molar-refractivity contribution in [3.05, 3.63) is 59.9 Å². The largest absolute Gasteiger partial charge is 0.494 e. The van der Waals surface area contributed by atoms with Gasteiger partial charge in [-0.2, -0.15) is 0 Å². The summed E-state index contributed by atoms with van der Waals surface area (Å²) in [6.07, 6.45) is 0. The molecule has 1 aliphatic heterocycles. The predicted molar refractivity (Wildman–Crippen MR) is 96.9 cm³/mol. The third-order valence-electron chi connectivity index (χ3n) is 4.43. The fourth-order valence-electron chi connectivity index (χ4n) is 3.10. The summed E-state index contributed by atoms with van der Waals surface area (Å²) in [7, 11) is 0. The molecule has 0 spiro atoms. The number of hydrogen-bond acceptors (Lipinski definition) is 3. The maximum atomic E-state index is 13.4. The molecule has 0 bridgehead atoms. The first-order valence-corrected chi connectivity index (χ1v) is 8.62. The Balaban J connectivity index is 1.78. The highest BCUT2D eigenvalue weighted by molar-refractivity contribution is 6.03. The highest BCUT2D eigenvalue weighted by Crippen LogP contribution is 2.25. The highest BCUT2D eigenvalue weighted by atomic mass is 19.1. The Morgan fingerprint density at radius 1 is 1.19 bits per heavy atom. The summed E-state index contributed by atoms with van der Waals surface area (Å²) in [5, 5.41) is 0. The van der Waals surface area contributed by atoms with Gasteiger partial charge >= 0.3 is 0 Å². The number of rotatable bonds is 4. The molecular formula is C20H21FN2O3. The smallest absolute Gasteiger partial charge is 0.254 e. The van der Waals surface area contributed by atoms with Crippen molar-refractivity contribution in [2.24, 2.45) is 0 Å². The normalized spacial score (nSPS) is 17.3. The van der Waals surface area contributed by atoms with Crippen LogP contribution >= 0.6 is 0 Å². The molecule has 2 aromatic carbocycles. The molecule has 0 N–H and O–H groups in total. The summed E-state index contributed by atoms with van der Waals surface area (Å²) < 4.78 is 18.9.